The number of esters is 1. The Balaban J connectivity index is 0.00000960. The number of carbonyl (C=O) groups is 2. The summed E-state index contributed by atoms with van der Waals surface area (Å²) in [4.78, 5) is 28.5. The fraction of sp³-hybridized carbons (Fsp3) is 0.898. The van der Waals surface area contributed by atoms with Crippen molar-refractivity contribution < 1.29 is 169 Å². The Morgan fingerprint density at radius 2 is 1.34 bits per heavy atom. The SMILES string of the molecule is C=C(C)CCCC1(C)OC(=O)C23CCC4C(=CCC5C(C)(C)C(OC6OC[C@@H](OS(=O)(=O)[O-])[C@H](O)[C@H]6O[C@@H]6OC(C)[C@@H](O[C@@H]7O[C@H](CO)[C@@H](O)[C@H](OC[C@@H]8O[C@H](CO)[C@@H](O)[C@H](OC)[C@H]8O)[C@H]7O)C(O)[C@@H]6O[C@@H]6OC[C@@H](O)[C@H](O)[C@H]6O)CCC45C)C2CC(=O)C13.[Na+]. The molecule has 508 valence electrons. The van der Waals surface area contributed by atoms with E-state index in [1.807, 2.05) is 27.7 Å². The van der Waals surface area contributed by atoms with Gasteiger partial charge in [-0.05, 0) is 94.8 Å². The first-order chi connectivity index (χ1) is 41.8. The zero-order chi connectivity index (χ0) is 64.8. The number of ketones is 1. The molecule has 6 saturated heterocycles. The number of allylic oxidation sites excluding steroid dienone is 3. The molecule has 0 aromatic rings. The third-order valence-corrected chi connectivity index (χ3v) is 22.0. The van der Waals surface area contributed by atoms with E-state index in [1.54, 1.807) is 0 Å². The van der Waals surface area contributed by atoms with E-state index in [9.17, 15) is 78.7 Å². The Morgan fingerprint density at radius 3 is 2.01 bits per heavy atom. The molecule has 6 heterocycles. The van der Waals surface area contributed by atoms with E-state index in [-0.39, 0.29) is 70.9 Å². The summed E-state index contributed by atoms with van der Waals surface area (Å²) in [7, 11) is -4.30. The smallest absolute Gasteiger partial charge is 0.726 e. The van der Waals surface area contributed by atoms with Crippen molar-refractivity contribution in [2.75, 3.05) is 40.1 Å². The number of rotatable bonds is 20. The molecule has 11 unspecified atom stereocenters. The van der Waals surface area contributed by atoms with Gasteiger partial charge in [-0.15, -0.1) is 6.58 Å². The van der Waals surface area contributed by atoms with Gasteiger partial charge in [0.2, 0.25) is 10.4 Å². The zero-order valence-corrected chi connectivity index (χ0v) is 54.8. The van der Waals surface area contributed by atoms with Gasteiger partial charge in [0.1, 0.15) is 121 Å². The van der Waals surface area contributed by atoms with Crippen molar-refractivity contribution in [2.45, 2.75) is 252 Å². The predicted molar refractivity (Wildman–Crippen MR) is 296 cm³/mol. The standard InChI is InChI=1S/C59H92O29S.Na/c1-24(2)10-9-15-58(7)50-29(62)18-28-26-11-12-35-56(4,5)36(14-16-57(35,6)27(26)13-17-59(28,50)55(72)87-58)83-53-48(41(68)34(23-79-53)88-89(73,74)75)86-54-49(85-51-42(69)37(64)30(63)21-78-51)43(70)45(25(3)80-54)84-52-44(71)47(39(66)32(20-61)82-52)77-22-33-40(67)46(76-8)38(65)31(19-60)81-33;/h11,25,27-28,30-54,60-61,63-71H,1,9-10,12-23H2,2-8H3,(H,73,74,75);/q;+1/p-1/t25?,27?,28?,30-,31-,32-,33+,34-,35?,36?,37+,38-,39-,40+,41+,42-,43?,44-,45-,46+,47+,48-,49+,50?,51+,52+,53?,54+,57?,58?,59?;/m1./s1. The van der Waals surface area contributed by atoms with Crippen LogP contribution in [0.5, 0.6) is 0 Å². The molecule has 4 aliphatic carbocycles. The Morgan fingerprint density at radius 1 is 0.711 bits per heavy atom. The summed E-state index contributed by atoms with van der Waals surface area (Å²) in [5.74, 6) is -1.20. The Labute approximate surface area is 544 Å². The number of carbonyl (C=O) groups excluding carboxylic acids is 2. The molecule has 31 heteroatoms. The molecule has 0 bridgehead atoms. The van der Waals surface area contributed by atoms with Crippen molar-refractivity contribution in [1.29, 1.82) is 0 Å². The second-order valence-corrected chi connectivity index (χ2v) is 28.4. The van der Waals surface area contributed by atoms with E-state index >= 15 is 0 Å². The van der Waals surface area contributed by atoms with Crippen LogP contribution in [0.25, 0.3) is 0 Å². The van der Waals surface area contributed by atoms with E-state index in [1.165, 1.54) is 14.0 Å². The number of fused-ring (bicyclic) bond motifs is 4. The first-order valence-electron chi connectivity index (χ1n) is 30.9. The molecule has 0 aromatic heterocycles. The van der Waals surface area contributed by atoms with Gasteiger partial charge in [-0.25, -0.2) is 8.42 Å². The molecule has 29 nitrogen and oxygen atoms in total. The minimum absolute atomic E-state index is 0. The van der Waals surface area contributed by atoms with Crippen molar-refractivity contribution in [2.24, 2.45) is 39.9 Å². The number of methoxy groups -OCH3 is 1. The quantitative estimate of drug-likeness (QED) is 0.0178. The van der Waals surface area contributed by atoms with Gasteiger partial charge in [-0.3, -0.25) is 13.8 Å². The molecule has 0 amide bonds. The summed E-state index contributed by atoms with van der Waals surface area (Å²) >= 11 is 0. The summed E-state index contributed by atoms with van der Waals surface area (Å²) in [6.45, 7) is 12.1. The monoisotopic (exact) mass is 1320 g/mol. The average molecular weight is 1320 g/mol. The molecule has 11 N–H and O–H groups in total. The number of Topliss-reactive ketones (excluding diaryl/α,β-unsaturated/α-hetero) is 1. The maximum Gasteiger partial charge on any atom is 1.00 e. The number of cyclic esters (lactones) is 1. The molecule has 31 atom stereocenters. The summed E-state index contributed by atoms with van der Waals surface area (Å²) < 4.78 is 114. The van der Waals surface area contributed by atoms with Gasteiger partial charge < -0.3 is 118 Å². The number of aliphatic hydroxyl groups excluding tert-OH is 11. The second kappa shape index (κ2) is 28.2. The number of aliphatic hydroxyl groups is 11. The van der Waals surface area contributed by atoms with Crippen molar-refractivity contribution in [1.82, 2.24) is 0 Å². The topological polar surface area (TPSA) is 434 Å². The van der Waals surface area contributed by atoms with Crippen molar-refractivity contribution in [3.63, 3.8) is 0 Å². The van der Waals surface area contributed by atoms with Crippen LogP contribution < -0.4 is 29.6 Å². The van der Waals surface area contributed by atoms with Crippen LogP contribution >= 0.6 is 0 Å². The predicted octanol–water partition coefficient (Wildman–Crippen LogP) is -5.60. The summed E-state index contributed by atoms with van der Waals surface area (Å²) in [5, 5.41) is 121. The van der Waals surface area contributed by atoms with E-state index in [2.05, 4.69) is 19.6 Å². The number of hydrogen-bond donors (Lipinski definition) is 11. The fourth-order valence-corrected chi connectivity index (χ4v) is 17.4. The summed E-state index contributed by atoms with van der Waals surface area (Å²) in [5.41, 5.74) is -0.823. The largest absolute Gasteiger partial charge is 1.00 e. The average Bonchev–Trinajstić information content (AvgIpc) is 1.38. The second-order valence-electron chi connectivity index (χ2n) is 27.4. The van der Waals surface area contributed by atoms with Crippen LogP contribution in [0.3, 0.4) is 0 Å². The molecule has 6 aliphatic heterocycles. The number of hydrogen-bond acceptors (Lipinski definition) is 29. The van der Waals surface area contributed by atoms with E-state index < -0.39 is 213 Å². The van der Waals surface area contributed by atoms with E-state index in [0.29, 0.717) is 38.5 Å². The molecule has 10 rings (SSSR count). The molecule has 9 fully saturated rings. The van der Waals surface area contributed by atoms with Crippen LogP contribution in [0, 0.1) is 39.9 Å². The van der Waals surface area contributed by atoms with Crippen LogP contribution in [-0.4, -0.2) is 274 Å². The molecule has 1 spiro atoms. The van der Waals surface area contributed by atoms with Crippen LogP contribution in [0.15, 0.2) is 23.8 Å². The van der Waals surface area contributed by atoms with Crippen LogP contribution in [-0.2, 0) is 81.0 Å². The van der Waals surface area contributed by atoms with Crippen molar-refractivity contribution >= 4 is 22.2 Å². The third-order valence-electron chi connectivity index (χ3n) is 21.5. The van der Waals surface area contributed by atoms with Gasteiger partial charge in [0, 0.05) is 19.4 Å². The molecule has 0 aromatic carbocycles. The molecule has 90 heavy (non-hydrogen) atoms. The minimum Gasteiger partial charge on any atom is -0.726 e. The first kappa shape index (κ1) is 72.9. The molecule has 3 saturated carbocycles. The molecular weight excluding hydrogens is 1230 g/mol. The third kappa shape index (κ3) is 13.4. The molecule has 0 radical (unpaired) electrons. The maximum atomic E-state index is 14.3. The first-order valence-corrected chi connectivity index (χ1v) is 32.2. The Bertz CT molecular complexity index is 2670. The van der Waals surface area contributed by atoms with Crippen LogP contribution in [0.2, 0.25) is 0 Å². The zero-order valence-electron chi connectivity index (χ0n) is 52.0. The van der Waals surface area contributed by atoms with Gasteiger partial charge in [0.15, 0.2) is 25.2 Å². The fourth-order valence-electron chi connectivity index (χ4n) is 17.0. The van der Waals surface area contributed by atoms with Crippen LogP contribution in [0.4, 0.5) is 0 Å². The Kier molecular flexibility index (Phi) is 22.8. The normalized spacial score (nSPS) is 49.3. The summed E-state index contributed by atoms with van der Waals surface area (Å²) in [6, 6.07) is 0. The van der Waals surface area contributed by atoms with Gasteiger partial charge >= 0.3 is 35.5 Å². The van der Waals surface area contributed by atoms with Gasteiger partial charge in [0.25, 0.3) is 0 Å². The Hall–Kier alpha value is -1.39. The molecular formula is C59H91NaO29S. The van der Waals surface area contributed by atoms with Crippen molar-refractivity contribution in [3.8, 4) is 0 Å². The van der Waals surface area contributed by atoms with Gasteiger partial charge in [0.05, 0.1) is 56.6 Å². The number of ether oxygens (including phenoxy) is 12. The van der Waals surface area contributed by atoms with Crippen LogP contribution in [0.1, 0.15) is 99.3 Å². The summed E-state index contributed by atoms with van der Waals surface area (Å²) in [6.07, 6.45) is -32.8. The van der Waals surface area contributed by atoms with Crippen molar-refractivity contribution in [3.05, 3.63) is 23.8 Å². The minimum atomic E-state index is -5.51. The van der Waals surface area contributed by atoms with E-state index in [4.69, 9.17) is 61.0 Å². The maximum absolute atomic E-state index is 14.3. The molecule has 10 aliphatic rings. The van der Waals surface area contributed by atoms with E-state index in [0.717, 1.165) is 24.0 Å². The van der Waals surface area contributed by atoms with Gasteiger partial charge in [-0.2, -0.15) is 0 Å². The van der Waals surface area contributed by atoms with Gasteiger partial charge in [-0.1, -0.05) is 38.0 Å².